The topological polar surface area (TPSA) is 23.6 Å². The third-order valence-electron chi connectivity index (χ3n) is 3.08. The van der Waals surface area contributed by atoms with E-state index in [-0.39, 0.29) is 24.2 Å². The summed E-state index contributed by atoms with van der Waals surface area (Å²) in [5.74, 6) is 1.04. The molecule has 2 atom stereocenters. The summed E-state index contributed by atoms with van der Waals surface area (Å²) < 4.78 is 0. The largest absolute Gasteiger partial charge is 0.309 e. The molecule has 1 saturated carbocycles. The Morgan fingerprint density at radius 2 is 1.38 bits per heavy atom. The zero-order chi connectivity index (χ0) is 11.4. The minimum absolute atomic E-state index is 0. The van der Waals surface area contributed by atoms with Crippen LogP contribution in [0, 0.1) is 11.8 Å². The summed E-state index contributed by atoms with van der Waals surface area (Å²) in [6, 6.07) is 0. The van der Waals surface area contributed by atoms with E-state index in [1.165, 1.54) is 6.42 Å². The van der Waals surface area contributed by atoms with Crippen LogP contribution in [0.25, 0.3) is 0 Å². The van der Waals surface area contributed by atoms with Crippen LogP contribution in [-0.4, -0.2) is 56.9 Å². The van der Waals surface area contributed by atoms with Gasteiger partial charge in [-0.1, -0.05) is 6.42 Å². The smallest absolute Gasteiger partial charge is 0.141 e. The molecular weight excluding hydrogens is 224 g/mol. The molecule has 3 nitrogen and oxygen atoms in total. The zero-order valence-electron chi connectivity index (χ0n) is 10.9. The number of nitrogens with zero attached hydrogens (tertiary/aromatic N) is 2. The first-order valence-corrected chi connectivity index (χ1v) is 5.84. The van der Waals surface area contributed by atoms with Crippen LogP contribution in [0.5, 0.6) is 0 Å². The molecule has 0 bridgehead atoms. The Hall–Kier alpha value is -0.120. The molecule has 0 N–H and O–H groups in total. The highest BCUT2D eigenvalue weighted by Crippen LogP contribution is 2.26. The van der Waals surface area contributed by atoms with Gasteiger partial charge in [-0.05, 0) is 41.0 Å². The van der Waals surface area contributed by atoms with Gasteiger partial charge >= 0.3 is 0 Å². The van der Waals surface area contributed by atoms with Gasteiger partial charge in [0, 0.05) is 24.9 Å². The number of ketones is 1. The van der Waals surface area contributed by atoms with Gasteiger partial charge in [0.05, 0.1) is 0 Å². The van der Waals surface area contributed by atoms with E-state index >= 15 is 0 Å². The van der Waals surface area contributed by atoms with Gasteiger partial charge in [0.1, 0.15) is 5.78 Å². The second-order valence-corrected chi connectivity index (χ2v) is 5.25. The molecule has 0 saturated heterocycles. The minimum atomic E-state index is 0. The summed E-state index contributed by atoms with van der Waals surface area (Å²) in [5.41, 5.74) is 0. The predicted molar refractivity (Wildman–Crippen MR) is 70.2 cm³/mol. The molecule has 2 unspecified atom stereocenters. The van der Waals surface area contributed by atoms with Crippen molar-refractivity contribution in [3.8, 4) is 0 Å². The molecule has 0 aromatic rings. The quantitative estimate of drug-likeness (QED) is 0.754. The van der Waals surface area contributed by atoms with Crippen molar-refractivity contribution in [2.45, 2.75) is 19.3 Å². The number of Topliss-reactive ketones (excluding diaryl/α,β-unsaturated/α-hetero) is 1. The van der Waals surface area contributed by atoms with E-state index in [2.05, 4.69) is 9.80 Å². The maximum absolute atomic E-state index is 12.1. The summed E-state index contributed by atoms with van der Waals surface area (Å²) in [7, 11) is 8.18. The standard InChI is InChI=1S/C12H24N2O.ClH/c1-13(2)8-10-6-5-7-11(12(10)15)9-14(3)4;/h10-11H,5-9H2,1-4H3;1H. The van der Waals surface area contributed by atoms with Crippen molar-refractivity contribution in [1.82, 2.24) is 9.80 Å². The molecule has 1 fully saturated rings. The van der Waals surface area contributed by atoms with Crippen molar-refractivity contribution in [2.24, 2.45) is 11.8 Å². The van der Waals surface area contributed by atoms with Gasteiger partial charge in [0.25, 0.3) is 0 Å². The number of carbonyl (C=O) groups is 1. The van der Waals surface area contributed by atoms with Gasteiger partial charge in [0.15, 0.2) is 0 Å². The van der Waals surface area contributed by atoms with E-state index in [4.69, 9.17) is 0 Å². The normalized spacial score (nSPS) is 26.0. The van der Waals surface area contributed by atoms with Crippen molar-refractivity contribution in [1.29, 1.82) is 0 Å². The third-order valence-corrected chi connectivity index (χ3v) is 3.08. The number of rotatable bonds is 4. The summed E-state index contributed by atoms with van der Waals surface area (Å²) >= 11 is 0. The van der Waals surface area contributed by atoms with Crippen molar-refractivity contribution >= 4 is 18.2 Å². The lowest BCUT2D eigenvalue weighted by atomic mass is 9.79. The average molecular weight is 249 g/mol. The fourth-order valence-corrected chi connectivity index (χ4v) is 2.47. The number of halogens is 1. The van der Waals surface area contributed by atoms with Gasteiger partial charge in [0.2, 0.25) is 0 Å². The lowest BCUT2D eigenvalue weighted by Crippen LogP contribution is -2.39. The fourth-order valence-electron chi connectivity index (χ4n) is 2.47. The molecule has 1 rings (SSSR count). The van der Waals surface area contributed by atoms with Crippen molar-refractivity contribution < 1.29 is 4.79 Å². The summed E-state index contributed by atoms with van der Waals surface area (Å²) in [6.45, 7) is 1.84. The van der Waals surface area contributed by atoms with Gasteiger partial charge in [-0.15, -0.1) is 12.4 Å². The molecule has 0 aromatic carbocycles. The monoisotopic (exact) mass is 248 g/mol. The summed E-state index contributed by atoms with van der Waals surface area (Å²) in [6.07, 6.45) is 3.38. The highest BCUT2D eigenvalue weighted by molar-refractivity contribution is 5.85. The first kappa shape index (κ1) is 15.9. The second kappa shape index (κ2) is 7.25. The average Bonchev–Trinajstić information content (AvgIpc) is 2.10. The predicted octanol–water partition coefficient (Wildman–Crippen LogP) is 1.52. The molecule has 1 aliphatic rings. The Morgan fingerprint density at radius 1 is 1.00 bits per heavy atom. The molecule has 0 radical (unpaired) electrons. The third kappa shape index (κ3) is 4.81. The molecule has 0 aliphatic heterocycles. The van der Waals surface area contributed by atoms with Crippen LogP contribution in [0.15, 0.2) is 0 Å². The molecular formula is C12H25ClN2O. The zero-order valence-corrected chi connectivity index (χ0v) is 11.7. The van der Waals surface area contributed by atoms with Crippen LogP contribution < -0.4 is 0 Å². The van der Waals surface area contributed by atoms with Crippen LogP contribution >= 0.6 is 12.4 Å². The van der Waals surface area contributed by atoms with Crippen LogP contribution in [0.2, 0.25) is 0 Å². The second-order valence-electron chi connectivity index (χ2n) is 5.25. The highest BCUT2D eigenvalue weighted by atomic mass is 35.5. The SMILES string of the molecule is CN(C)CC1CCCC(CN(C)C)C1=O.Cl. The first-order chi connectivity index (χ1) is 7.00. The molecule has 0 aromatic heterocycles. The molecule has 4 heteroatoms. The molecule has 1 aliphatic carbocycles. The fraction of sp³-hybridized carbons (Fsp3) is 0.917. The first-order valence-electron chi connectivity index (χ1n) is 5.84. The van der Waals surface area contributed by atoms with E-state index in [0.29, 0.717) is 5.78 Å². The van der Waals surface area contributed by atoms with Gasteiger partial charge in [-0.2, -0.15) is 0 Å². The van der Waals surface area contributed by atoms with E-state index in [1.54, 1.807) is 0 Å². The van der Waals surface area contributed by atoms with E-state index in [9.17, 15) is 4.79 Å². The van der Waals surface area contributed by atoms with Gasteiger partial charge < -0.3 is 9.80 Å². The Kier molecular flexibility index (Phi) is 7.20. The van der Waals surface area contributed by atoms with Gasteiger partial charge in [-0.3, -0.25) is 4.79 Å². The van der Waals surface area contributed by atoms with Crippen molar-refractivity contribution in [3.63, 3.8) is 0 Å². The van der Waals surface area contributed by atoms with Crippen LogP contribution in [0.3, 0.4) is 0 Å². The van der Waals surface area contributed by atoms with Crippen molar-refractivity contribution in [3.05, 3.63) is 0 Å². The van der Waals surface area contributed by atoms with E-state index in [0.717, 1.165) is 25.9 Å². The molecule has 0 spiro atoms. The Morgan fingerprint density at radius 3 is 1.69 bits per heavy atom. The molecule has 0 amide bonds. The number of hydrogen-bond donors (Lipinski definition) is 0. The Bertz CT molecular complexity index is 199. The minimum Gasteiger partial charge on any atom is -0.309 e. The van der Waals surface area contributed by atoms with Crippen LogP contribution in [-0.2, 0) is 4.79 Å². The lowest BCUT2D eigenvalue weighted by Gasteiger charge is -2.31. The Balaban J connectivity index is 0.00000225. The lowest BCUT2D eigenvalue weighted by molar-refractivity contribution is -0.130. The van der Waals surface area contributed by atoms with Gasteiger partial charge in [-0.25, -0.2) is 0 Å². The van der Waals surface area contributed by atoms with Crippen LogP contribution in [0.4, 0.5) is 0 Å². The Labute approximate surface area is 106 Å². The molecule has 96 valence electrons. The molecule has 16 heavy (non-hydrogen) atoms. The van der Waals surface area contributed by atoms with Crippen LogP contribution in [0.1, 0.15) is 19.3 Å². The number of carbonyl (C=O) groups excluding carboxylic acids is 1. The van der Waals surface area contributed by atoms with Crippen molar-refractivity contribution in [2.75, 3.05) is 41.3 Å². The number of hydrogen-bond acceptors (Lipinski definition) is 3. The van der Waals surface area contributed by atoms with E-state index < -0.39 is 0 Å². The highest BCUT2D eigenvalue weighted by Gasteiger charge is 2.31. The van der Waals surface area contributed by atoms with E-state index in [1.807, 2.05) is 28.2 Å². The summed E-state index contributed by atoms with van der Waals surface area (Å²) in [4.78, 5) is 16.4. The maximum Gasteiger partial charge on any atom is 0.141 e. The maximum atomic E-state index is 12.1. The molecule has 0 heterocycles. The summed E-state index contributed by atoms with van der Waals surface area (Å²) in [5, 5.41) is 0.